The number of sulfonamides is 1. The van der Waals surface area contributed by atoms with E-state index in [0.717, 1.165) is 22.0 Å². The molecule has 0 aliphatic heterocycles. The lowest BCUT2D eigenvalue weighted by Crippen LogP contribution is -2.28. The van der Waals surface area contributed by atoms with Gasteiger partial charge in [-0.2, -0.15) is 0 Å². The molecule has 0 heterocycles. The van der Waals surface area contributed by atoms with Gasteiger partial charge in [-0.05, 0) is 43.2 Å². The molecule has 6 nitrogen and oxygen atoms in total. The van der Waals surface area contributed by atoms with Crippen LogP contribution in [0, 0.1) is 6.92 Å². The Bertz CT molecular complexity index is 846. The molecule has 0 unspecified atom stereocenters. The summed E-state index contributed by atoms with van der Waals surface area (Å²) in [4.78, 5) is 17.3. The normalized spacial score (nSPS) is 12.8. The number of hydroxylamine groups is 1. The van der Waals surface area contributed by atoms with Crippen LogP contribution in [0.15, 0.2) is 53.4 Å². The van der Waals surface area contributed by atoms with Gasteiger partial charge in [0.15, 0.2) is 0 Å². The van der Waals surface area contributed by atoms with Gasteiger partial charge in [0, 0.05) is 12.6 Å². The summed E-state index contributed by atoms with van der Waals surface area (Å²) in [7, 11) is -1.14. The summed E-state index contributed by atoms with van der Waals surface area (Å²) in [5.41, 5.74) is 2.59. The molecule has 7 heteroatoms. The first-order valence-corrected chi connectivity index (χ1v) is 9.74. The van der Waals surface area contributed by atoms with E-state index in [1.807, 2.05) is 38.1 Å². The van der Waals surface area contributed by atoms with E-state index >= 15 is 0 Å². The van der Waals surface area contributed by atoms with Crippen molar-refractivity contribution in [2.75, 3.05) is 14.2 Å². The Hall–Kier alpha value is -2.22. The standard InChI is InChI=1S/C19H24N2O4S/c1-5-18(15-8-6-14(2)7-9-15)20-19(22)16-10-12-17(13-11-16)26(23,24)21(3)25-4/h6-13,18H,5H2,1-4H3,(H,20,22)/t18-/m1/s1. The largest absolute Gasteiger partial charge is 0.345 e. The van der Waals surface area contributed by atoms with Crippen molar-refractivity contribution in [1.82, 2.24) is 9.79 Å². The second kappa shape index (κ2) is 8.44. The van der Waals surface area contributed by atoms with E-state index in [2.05, 4.69) is 5.32 Å². The zero-order chi connectivity index (χ0) is 19.3. The van der Waals surface area contributed by atoms with Gasteiger partial charge in [0.2, 0.25) is 0 Å². The van der Waals surface area contributed by atoms with Gasteiger partial charge in [-0.1, -0.05) is 41.2 Å². The summed E-state index contributed by atoms with van der Waals surface area (Å²) in [5, 5.41) is 2.99. The zero-order valence-corrected chi connectivity index (χ0v) is 16.2. The van der Waals surface area contributed by atoms with Crippen molar-refractivity contribution in [2.24, 2.45) is 0 Å². The highest BCUT2D eigenvalue weighted by Crippen LogP contribution is 2.19. The van der Waals surface area contributed by atoms with Crippen LogP contribution in [0.1, 0.15) is 40.9 Å². The van der Waals surface area contributed by atoms with Crippen molar-refractivity contribution >= 4 is 15.9 Å². The van der Waals surface area contributed by atoms with Gasteiger partial charge in [0.1, 0.15) is 0 Å². The minimum Gasteiger partial charge on any atom is -0.345 e. The van der Waals surface area contributed by atoms with Crippen molar-refractivity contribution in [2.45, 2.75) is 31.2 Å². The topological polar surface area (TPSA) is 75.7 Å². The number of nitrogens with one attached hydrogen (secondary N) is 1. The third-order valence-electron chi connectivity index (χ3n) is 4.20. The molecule has 2 rings (SSSR count). The first kappa shape index (κ1) is 20.1. The molecule has 0 saturated carbocycles. The van der Waals surface area contributed by atoms with Gasteiger partial charge in [-0.25, -0.2) is 8.42 Å². The molecule has 2 aromatic rings. The van der Waals surface area contributed by atoms with E-state index < -0.39 is 10.0 Å². The molecule has 0 fully saturated rings. The maximum absolute atomic E-state index is 12.5. The van der Waals surface area contributed by atoms with Gasteiger partial charge in [0.05, 0.1) is 18.0 Å². The summed E-state index contributed by atoms with van der Waals surface area (Å²) < 4.78 is 25.1. The number of carbonyl (C=O) groups excluding carboxylic acids is 1. The van der Waals surface area contributed by atoms with Crippen molar-refractivity contribution in [1.29, 1.82) is 0 Å². The monoisotopic (exact) mass is 376 g/mol. The average Bonchev–Trinajstić information content (AvgIpc) is 2.66. The maximum atomic E-state index is 12.5. The molecular formula is C19H24N2O4S. The molecule has 0 saturated heterocycles. The van der Waals surface area contributed by atoms with Crippen LogP contribution in [-0.4, -0.2) is 33.0 Å². The number of benzene rings is 2. The third kappa shape index (κ3) is 4.49. The van der Waals surface area contributed by atoms with Crippen LogP contribution >= 0.6 is 0 Å². The summed E-state index contributed by atoms with van der Waals surface area (Å²) >= 11 is 0. The van der Waals surface area contributed by atoms with E-state index in [-0.39, 0.29) is 16.8 Å². The molecule has 140 valence electrons. The van der Waals surface area contributed by atoms with Crippen LogP contribution in [0.5, 0.6) is 0 Å². The number of hydrogen-bond donors (Lipinski definition) is 1. The van der Waals surface area contributed by atoms with E-state index in [4.69, 9.17) is 4.84 Å². The lowest BCUT2D eigenvalue weighted by Gasteiger charge is -2.18. The first-order valence-electron chi connectivity index (χ1n) is 8.30. The number of carbonyl (C=O) groups is 1. The quantitative estimate of drug-likeness (QED) is 0.754. The van der Waals surface area contributed by atoms with Crippen molar-refractivity contribution < 1.29 is 18.0 Å². The van der Waals surface area contributed by atoms with Gasteiger partial charge < -0.3 is 5.32 Å². The fourth-order valence-corrected chi connectivity index (χ4v) is 3.46. The van der Waals surface area contributed by atoms with E-state index in [1.54, 1.807) is 0 Å². The van der Waals surface area contributed by atoms with Gasteiger partial charge in [-0.3, -0.25) is 9.63 Å². The lowest BCUT2D eigenvalue weighted by atomic mass is 10.0. The predicted molar refractivity (Wildman–Crippen MR) is 100 cm³/mol. The van der Waals surface area contributed by atoms with Crippen LogP contribution in [-0.2, 0) is 14.9 Å². The fraction of sp³-hybridized carbons (Fsp3) is 0.316. The van der Waals surface area contributed by atoms with Crippen LogP contribution in [0.3, 0.4) is 0 Å². The number of nitrogens with zero attached hydrogens (tertiary/aromatic N) is 1. The Balaban J connectivity index is 2.15. The summed E-state index contributed by atoms with van der Waals surface area (Å²) in [5.74, 6) is -0.249. The molecule has 0 bridgehead atoms. The highest BCUT2D eigenvalue weighted by Gasteiger charge is 2.21. The number of amides is 1. The molecule has 26 heavy (non-hydrogen) atoms. The first-order chi connectivity index (χ1) is 12.3. The lowest BCUT2D eigenvalue weighted by molar-refractivity contribution is -0.0258. The van der Waals surface area contributed by atoms with Gasteiger partial charge in [0.25, 0.3) is 15.9 Å². The van der Waals surface area contributed by atoms with Crippen LogP contribution < -0.4 is 5.32 Å². The second-order valence-electron chi connectivity index (χ2n) is 5.97. The molecule has 0 aromatic heterocycles. The van der Waals surface area contributed by atoms with Crippen molar-refractivity contribution in [3.05, 3.63) is 65.2 Å². The smallest absolute Gasteiger partial charge is 0.264 e. The average molecular weight is 376 g/mol. The minimum atomic E-state index is -3.73. The molecular weight excluding hydrogens is 352 g/mol. The zero-order valence-electron chi connectivity index (χ0n) is 15.4. The summed E-state index contributed by atoms with van der Waals surface area (Å²) in [6, 6.07) is 13.7. The third-order valence-corrected chi connectivity index (χ3v) is 5.90. The number of aryl methyl sites for hydroxylation is 1. The molecule has 2 aromatic carbocycles. The van der Waals surface area contributed by atoms with Gasteiger partial charge in [-0.15, -0.1) is 0 Å². The Kier molecular flexibility index (Phi) is 6.52. The van der Waals surface area contributed by atoms with Crippen LogP contribution in [0.4, 0.5) is 0 Å². The molecule has 1 atom stereocenters. The Labute approximate surface area is 154 Å². The van der Waals surface area contributed by atoms with E-state index in [9.17, 15) is 13.2 Å². The highest BCUT2D eigenvalue weighted by atomic mass is 32.2. The maximum Gasteiger partial charge on any atom is 0.264 e. The Morgan fingerprint density at radius 1 is 1.12 bits per heavy atom. The van der Waals surface area contributed by atoms with Crippen LogP contribution in [0.2, 0.25) is 0 Å². The van der Waals surface area contributed by atoms with E-state index in [0.29, 0.717) is 5.56 Å². The fourth-order valence-electron chi connectivity index (χ4n) is 2.49. The minimum absolute atomic E-state index is 0.0592. The molecule has 1 amide bonds. The molecule has 0 spiro atoms. The number of rotatable bonds is 7. The molecule has 0 radical (unpaired) electrons. The van der Waals surface area contributed by atoms with Crippen molar-refractivity contribution in [3.63, 3.8) is 0 Å². The Morgan fingerprint density at radius 3 is 2.19 bits per heavy atom. The molecule has 1 N–H and O–H groups in total. The SMILES string of the molecule is CC[C@@H](NC(=O)c1ccc(S(=O)(=O)N(C)OC)cc1)c1ccc(C)cc1. The van der Waals surface area contributed by atoms with E-state index in [1.165, 1.54) is 38.4 Å². The second-order valence-corrected chi connectivity index (χ2v) is 7.90. The Morgan fingerprint density at radius 2 is 1.69 bits per heavy atom. The molecule has 0 aliphatic rings. The summed E-state index contributed by atoms with van der Waals surface area (Å²) in [6.45, 7) is 4.01. The van der Waals surface area contributed by atoms with Gasteiger partial charge >= 0.3 is 0 Å². The predicted octanol–water partition coefficient (Wildman–Crippen LogP) is 3.06. The number of hydrogen-bond acceptors (Lipinski definition) is 4. The molecule has 0 aliphatic carbocycles. The highest BCUT2D eigenvalue weighted by molar-refractivity contribution is 7.89. The summed E-state index contributed by atoms with van der Waals surface area (Å²) in [6.07, 6.45) is 0.750. The van der Waals surface area contributed by atoms with Crippen molar-refractivity contribution in [3.8, 4) is 0 Å². The van der Waals surface area contributed by atoms with Crippen LogP contribution in [0.25, 0.3) is 0 Å².